The largest absolute Gasteiger partial charge is 0.304 e. The van der Waals surface area contributed by atoms with E-state index in [-0.39, 0.29) is 0 Å². The molecular weight excluding hydrogens is 249 g/mol. The van der Waals surface area contributed by atoms with Crippen molar-refractivity contribution in [2.45, 2.75) is 27.3 Å². The van der Waals surface area contributed by atoms with Gasteiger partial charge in [-0.25, -0.2) is 0 Å². The molecular formula is C13H14FN3O2. The average Bonchev–Trinajstić information content (AvgIpc) is 2.57. The Bertz CT molecular complexity index is 650. The number of rotatable bonds is 3. The normalized spacial score (nSPS) is 10.7. The summed E-state index contributed by atoms with van der Waals surface area (Å²) in [5, 5.41) is 14.9. The third-order valence-corrected chi connectivity index (χ3v) is 3.28. The van der Waals surface area contributed by atoms with Crippen molar-refractivity contribution in [1.29, 1.82) is 0 Å². The van der Waals surface area contributed by atoms with Crippen molar-refractivity contribution in [2.75, 3.05) is 0 Å². The minimum atomic E-state index is -0.819. The highest BCUT2D eigenvalue weighted by molar-refractivity contribution is 5.35. The molecule has 0 aliphatic carbocycles. The van der Waals surface area contributed by atoms with Gasteiger partial charge in [0.05, 0.1) is 17.2 Å². The van der Waals surface area contributed by atoms with E-state index in [0.717, 1.165) is 17.0 Å². The molecule has 0 N–H and O–H groups in total. The molecule has 0 atom stereocenters. The quantitative estimate of drug-likeness (QED) is 0.632. The third kappa shape index (κ3) is 2.47. The maximum absolute atomic E-state index is 13.5. The SMILES string of the molecule is Cc1nn(Cc2ccc([N+](=O)[O-])c(F)c2)c(C)c1C. The van der Waals surface area contributed by atoms with Gasteiger partial charge in [-0.2, -0.15) is 9.49 Å². The van der Waals surface area contributed by atoms with Crippen molar-refractivity contribution in [3.05, 3.63) is 56.6 Å². The summed E-state index contributed by atoms with van der Waals surface area (Å²) >= 11 is 0. The fourth-order valence-electron chi connectivity index (χ4n) is 1.91. The molecule has 0 unspecified atom stereocenters. The number of nitrogens with zero attached hydrogens (tertiary/aromatic N) is 3. The van der Waals surface area contributed by atoms with Gasteiger partial charge in [0.25, 0.3) is 0 Å². The number of nitro benzene ring substituents is 1. The molecule has 0 bridgehead atoms. The van der Waals surface area contributed by atoms with Crippen molar-refractivity contribution in [3.63, 3.8) is 0 Å². The molecule has 0 amide bonds. The second-order valence-electron chi connectivity index (χ2n) is 4.50. The molecule has 0 saturated heterocycles. The second-order valence-corrected chi connectivity index (χ2v) is 4.50. The van der Waals surface area contributed by atoms with Crippen LogP contribution in [0.5, 0.6) is 0 Å². The van der Waals surface area contributed by atoms with Crippen LogP contribution >= 0.6 is 0 Å². The van der Waals surface area contributed by atoms with Gasteiger partial charge in [0.1, 0.15) is 0 Å². The number of benzene rings is 1. The highest BCUT2D eigenvalue weighted by Crippen LogP contribution is 2.19. The zero-order valence-corrected chi connectivity index (χ0v) is 11.0. The predicted molar refractivity (Wildman–Crippen MR) is 68.6 cm³/mol. The maximum atomic E-state index is 13.5. The molecule has 6 heteroatoms. The molecule has 19 heavy (non-hydrogen) atoms. The summed E-state index contributed by atoms with van der Waals surface area (Å²) in [7, 11) is 0. The van der Waals surface area contributed by atoms with E-state index in [1.165, 1.54) is 12.1 Å². The molecule has 100 valence electrons. The summed E-state index contributed by atoms with van der Waals surface area (Å²) in [5.41, 5.74) is 3.18. The molecule has 0 fully saturated rings. The zero-order chi connectivity index (χ0) is 14.2. The number of hydrogen-bond donors (Lipinski definition) is 0. The van der Waals surface area contributed by atoms with E-state index in [9.17, 15) is 14.5 Å². The highest BCUT2D eigenvalue weighted by atomic mass is 19.1. The van der Waals surface area contributed by atoms with Crippen molar-refractivity contribution in [2.24, 2.45) is 0 Å². The number of aromatic nitrogens is 2. The average molecular weight is 263 g/mol. The summed E-state index contributed by atoms with van der Waals surface area (Å²) in [6, 6.07) is 3.92. The number of aryl methyl sites for hydroxylation is 1. The van der Waals surface area contributed by atoms with E-state index in [1.807, 2.05) is 20.8 Å². The van der Waals surface area contributed by atoms with Gasteiger partial charge in [-0.1, -0.05) is 6.07 Å². The highest BCUT2D eigenvalue weighted by Gasteiger charge is 2.14. The van der Waals surface area contributed by atoms with E-state index in [2.05, 4.69) is 5.10 Å². The van der Waals surface area contributed by atoms with Crippen LogP contribution in [0.1, 0.15) is 22.5 Å². The van der Waals surface area contributed by atoms with Gasteiger partial charge in [0.2, 0.25) is 5.82 Å². The van der Waals surface area contributed by atoms with Gasteiger partial charge < -0.3 is 0 Å². The minimum absolute atomic E-state index is 0.398. The summed E-state index contributed by atoms with van der Waals surface area (Å²) in [5.74, 6) is -0.819. The number of nitro groups is 1. The van der Waals surface area contributed by atoms with Gasteiger partial charge in [-0.15, -0.1) is 0 Å². The van der Waals surface area contributed by atoms with Gasteiger partial charge in [0.15, 0.2) is 0 Å². The van der Waals surface area contributed by atoms with Crippen LogP contribution in [0, 0.1) is 36.7 Å². The first-order valence-corrected chi connectivity index (χ1v) is 5.83. The molecule has 0 saturated carbocycles. The molecule has 1 aromatic heterocycles. The van der Waals surface area contributed by atoms with Crippen molar-refractivity contribution in [3.8, 4) is 0 Å². The summed E-state index contributed by atoms with van der Waals surface area (Å²) in [4.78, 5) is 9.81. The molecule has 0 aliphatic heterocycles. The molecule has 0 spiro atoms. The van der Waals surface area contributed by atoms with Gasteiger partial charge in [-0.05, 0) is 38.0 Å². The lowest BCUT2D eigenvalue weighted by atomic mass is 10.2. The fourth-order valence-corrected chi connectivity index (χ4v) is 1.91. The van der Waals surface area contributed by atoms with E-state index in [4.69, 9.17) is 0 Å². The first-order chi connectivity index (χ1) is 8.90. The van der Waals surface area contributed by atoms with Crippen LogP contribution in [-0.4, -0.2) is 14.7 Å². The molecule has 1 aromatic carbocycles. The topological polar surface area (TPSA) is 61.0 Å². The van der Waals surface area contributed by atoms with Gasteiger partial charge >= 0.3 is 5.69 Å². The number of halogens is 1. The van der Waals surface area contributed by atoms with Crippen LogP contribution in [0.2, 0.25) is 0 Å². The molecule has 5 nitrogen and oxygen atoms in total. The number of hydrogen-bond acceptors (Lipinski definition) is 3. The smallest absolute Gasteiger partial charge is 0.265 e. The van der Waals surface area contributed by atoms with Crippen LogP contribution in [0.25, 0.3) is 0 Å². The lowest BCUT2D eigenvalue weighted by Gasteiger charge is -2.05. The van der Waals surface area contributed by atoms with Crippen molar-refractivity contribution >= 4 is 5.69 Å². The van der Waals surface area contributed by atoms with Crippen LogP contribution in [0.3, 0.4) is 0 Å². The summed E-state index contributed by atoms with van der Waals surface area (Å²) in [6.07, 6.45) is 0. The molecule has 0 radical (unpaired) electrons. The lowest BCUT2D eigenvalue weighted by molar-refractivity contribution is -0.387. The Kier molecular flexibility index (Phi) is 3.33. The maximum Gasteiger partial charge on any atom is 0.304 e. The Labute approximate surface area is 109 Å². The van der Waals surface area contributed by atoms with Gasteiger partial charge in [-0.3, -0.25) is 14.8 Å². The van der Waals surface area contributed by atoms with Crippen LogP contribution in [0.4, 0.5) is 10.1 Å². The molecule has 1 heterocycles. The Morgan fingerprint density at radius 1 is 1.37 bits per heavy atom. The monoisotopic (exact) mass is 263 g/mol. The van der Waals surface area contributed by atoms with Crippen LogP contribution < -0.4 is 0 Å². The van der Waals surface area contributed by atoms with E-state index in [0.29, 0.717) is 12.1 Å². The standard InChI is InChI=1S/C13H14FN3O2/c1-8-9(2)15-16(10(8)3)7-11-4-5-13(17(18)19)12(14)6-11/h4-6H,7H2,1-3H3. The van der Waals surface area contributed by atoms with Crippen LogP contribution in [0.15, 0.2) is 18.2 Å². The zero-order valence-electron chi connectivity index (χ0n) is 11.0. The van der Waals surface area contributed by atoms with E-state index >= 15 is 0 Å². The third-order valence-electron chi connectivity index (χ3n) is 3.28. The van der Waals surface area contributed by atoms with E-state index < -0.39 is 16.4 Å². The Hall–Kier alpha value is -2.24. The Morgan fingerprint density at radius 2 is 2.05 bits per heavy atom. The van der Waals surface area contributed by atoms with Crippen molar-refractivity contribution in [1.82, 2.24) is 9.78 Å². The Balaban J connectivity index is 2.31. The molecule has 2 rings (SSSR count). The minimum Gasteiger partial charge on any atom is -0.265 e. The molecule has 2 aromatic rings. The van der Waals surface area contributed by atoms with E-state index in [1.54, 1.807) is 10.7 Å². The van der Waals surface area contributed by atoms with Gasteiger partial charge in [0, 0.05) is 11.8 Å². The van der Waals surface area contributed by atoms with Crippen molar-refractivity contribution < 1.29 is 9.31 Å². The Morgan fingerprint density at radius 3 is 2.53 bits per heavy atom. The molecule has 0 aliphatic rings. The summed E-state index contributed by atoms with van der Waals surface area (Å²) < 4.78 is 15.3. The first kappa shape index (κ1) is 13.2. The summed E-state index contributed by atoms with van der Waals surface area (Å²) in [6.45, 7) is 6.23. The fraction of sp³-hybridized carbons (Fsp3) is 0.308. The first-order valence-electron chi connectivity index (χ1n) is 5.83. The lowest BCUT2D eigenvalue weighted by Crippen LogP contribution is -2.05. The predicted octanol–water partition coefficient (Wildman–Crippen LogP) is 2.90. The second kappa shape index (κ2) is 4.79. The van der Waals surface area contributed by atoms with Crippen LogP contribution in [-0.2, 0) is 6.54 Å².